The monoisotopic (exact) mass is 388 g/mol. The quantitative estimate of drug-likeness (QED) is 0.185. The molecule has 0 rings (SSSR count). The Morgan fingerprint density at radius 3 is 1.30 bits per heavy atom. The van der Waals surface area contributed by atoms with Crippen molar-refractivity contribution in [1.29, 1.82) is 0 Å². The van der Waals surface area contributed by atoms with Crippen LogP contribution in [0.4, 0.5) is 0 Å². The fraction of sp³-hybridized carbons (Fsp3) is 1.00. The highest BCUT2D eigenvalue weighted by molar-refractivity contribution is 6.53. The SMILES string of the molecule is CCO[Si](OCC)(OCCCCCCCl)OCCCCCCCl. The minimum Gasteiger partial charge on any atom is -0.351 e. The van der Waals surface area contributed by atoms with Gasteiger partial charge in [0.25, 0.3) is 0 Å². The first-order valence-electron chi connectivity index (χ1n) is 8.92. The van der Waals surface area contributed by atoms with Crippen molar-refractivity contribution in [2.75, 3.05) is 38.2 Å². The van der Waals surface area contributed by atoms with E-state index in [-0.39, 0.29) is 0 Å². The van der Waals surface area contributed by atoms with Crippen LogP contribution in [0.1, 0.15) is 65.2 Å². The van der Waals surface area contributed by atoms with Gasteiger partial charge < -0.3 is 17.7 Å². The molecule has 4 nitrogen and oxygen atoms in total. The van der Waals surface area contributed by atoms with Gasteiger partial charge in [0.05, 0.1) is 0 Å². The molecule has 0 aromatic rings. The molecule has 0 atom stereocenters. The first kappa shape index (κ1) is 23.6. The van der Waals surface area contributed by atoms with E-state index >= 15 is 0 Å². The molecule has 0 N–H and O–H groups in total. The van der Waals surface area contributed by atoms with Crippen molar-refractivity contribution in [2.45, 2.75) is 65.2 Å². The van der Waals surface area contributed by atoms with Crippen LogP contribution >= 0.6 is 23.2 Å². The molecule has 23 heavy (non-hydrogen) atoms. The van der Waals surface area contributed by atoms with Crippen LogP contribution in [0.2, 0.25) is 0 Å². The maximum absolute atomic E-state index is 5.94. The number of halogens is 2. The first-order valence-corrected chi connectivity index (χ1v) is 11.6. The molecule has 0 aromatic carbocycles. The average molecular weight is 389 g/mol. The van der Waals surface area contributed by atoms with Gasteiger partial charge in [0.15, 0.2) is 0 Å². The van der Waals surface area contributed by atoms with Crippen LogP contribution in [0.3, 0.4) is 0 Å². The van der Waals surface area contributed by atoms with E-state index in [9.17, 15) is 0 Å². The molecule has 0 bridgehead atoms. The zero-order valence-electron chi connectivity index (χ0n) is 14.8. The van der Waals surface area contributed by atoms with Crippen LogP contribution in [0.5, 0.6) is 0 Å². The molecule has 0 saturated carbocycles. The van der Waals surface area contributed by atoms with E-state index in [0.717, 1.165) is 63.1 Å². The van der Waals surface area contributed by atoms with E-state index in [4.69, 9.17) is 40.9 Å². The standard InChI is InChI=1S/C16H34Cl2O4Si/c1-3-19-23(20-4-2,21-15-11-7-5-9-13-17)22-16-12-8-6-10-14-18/h3-16H2,1-2H3. The second-order valence-electron chi connectivity index (χ2n) is 5.27. The summed E-state index contributed by atoms with van der Waals surface area (Å²) in [5.74, 6) is 1.45. The number of unbranched alkanes of at least 4 members (excludes halogenated alkanes) is 6. The third-order valence-corrected chi connectivity index (χ3v) is 6.19. The van der Waals surface area contributed by atoms with E-state index < -0.39 is 9.05 Å². The molecule has 0 saturated heterocycles. The summed E-state index contributed by atoms with van der Waals surface area (Å²) in [5, 5.41) is 0. The minimum atomic E-state index is -2.98. The van der Waals surface area contributed by atoms with Crippen molar-refractivity contribution >= 4 is 32.2 Å². The summed E-state index contributed by atoms with van der Waals surface area (Å²) in [7, 11) is -2.98. The molecule has 0 spiro atoms. The molecule has 0 aliphatic rings. The minimum absolute atomic E-state index is 0.532. The summed E-state index contributed by atoms with van der Waals surface area (Å²) >= 11 is 11.4. The van der Waals surface area contributed by atoms with E-state index in [0.29, 0.717) is 26.4 Å². The van der Waals surface area contributed by atoms with Crippen molar-refractivity contribution in [3.8, 4) is 0 Å². The predicted molar refractivity (Wildman–Crippen MR) is 99.3 cm³/mol. The van der Waals surface area contributed by atoms with Crippen molar-refractivity contribution < 1.29 is 17.7 Å². The Balaban J connectivity index is 4.11. The lowest BCUT2D eigenvalue weighted by molar-refractivity contribution is -0.0313. The van der Waals surface area contributed by atoms with E-state index in [1.54, 1.807) is 0 Å². The lowest BCUT2D eigenvalue weighted by Crippen LogP contribution is -2.49. The molecule has 7 heteroatoms. The Morgan fingerprint density at radius 1 is 0.565 bits per heavy atom. The molecule has 0 fully saturated rings. The van der Waals surface area contributed by atoms with Crippen molar-refractivity contribution in [3.63, 3.8) is 0 Å². The summed E-state index contributed by atoms with van der Waals surface area (Å²) in [6.45, 7) is 6.17. The maximum atomic E-state index is 5.94. The second-order valence-corrected chi connectivity index (χ2v) is 8.18. The third kappa shape index (κ3) is 13.6. The highest BCUT2D eigenvalue weighted by Crippen LogP contribution is 2.15. The van der Waals surface area contributed by atoms with Gasteiger partial charge >= 0.3 is 9.05 Å². The number of hydrogen-bond donors (Lipinski definition) is 0. The van der Waals surface area contributed by atoms with E-state index in [1.807, 2.05) is 13.8 Å². The topological polar surface area (TPSA) is 36.9 Å². The number of hydrogen-bond acceptors (Lipinski definition) is 4. The van der Waals surface area contributed by atoms with Crippen LogP contribution in [-0.4, -0.2) is 47.2 Å². The second kappa shape index (κ2) is 17.5. The zero-order valence-corrected chi connectivity index (χ0v) is 17.3. The molecule has 0 heterocycles. The lowest BCUT2D eigenvalue weighted by Gasteiger charge is -2.27. The Kier molecular flexibility index (Phi) is 17.9. The van der Waals surface area contributed by atoms with Gasteiger partial charge in [-0.2, -0.15) is 0 Å². The van der Waals surface area contributed by atoms with Gasteiger partial charge in [-0.25, -0.2) is 0 Å². The van der Waals surface area contributed by atoms with Crippen molar-refractivity contribution in [2.24, 2.45) is 0 Å². The van der Waals surface area contributed by atoms with Gasteiger partial charge in [-0.05, 0) is 39.5 Å². The van der Waals surface area contributed by atoms with Gasteiger partial charge in [-0.15, -0.1) is 23.2 Å². The van der Waals surface area contributed by atoms with E-state index in [2.05, 4.69) is 0 Å². The maximum Gasteiger partial charge on any atom is 0.679 e. The van der Waals surface area contributed by atoms with Crippen LogP contribution < -0.4 is 0 Å². The summed E-state index contributed by atoms with van der Waals surface area (Å²) in [5.41, 5.74) is 0. The molecule has 0 aliphatic carbocycles. The average Bonchev–Trinajstić information content (AvgIpc) is 2.54. The van der Waals surface area contributed by atoms with E-state index in [1.165, 1.54) is 0 Å². The Bertz CT molecular complexity index is 224. The summed E-state index contributed by atoms with van der Waals surface area (Å²) in [6.07, 6.45) is 8.54. The first-order chi connectivity index (χ1) is 11.2. The number of alkyl halides is 2. The molecule has 0 aromatic heterocycles. The smallest absolute Gasteiger partial charge is 0.351 e. The zero-order chi connectivity index (χ0) is 17.2. The Morgan fingerprint density at radius 2 is 0.957 bits per heavy atom. The fourth-order valence-electron chi connectivity index (χ4n) is 2.10. The summed E-state index contributed by atoms with van der Waals surface area (Å²) < 4.78 is 23.4. The van der Waals surface area contributed by atoms with Crippen LogP contribution in [0.15, 0.2) is 0 Å². The van der Waals surface area contributed by atoms with Crippen LogP contribution in [-0.2, 0) is 17.7 Å². The normalized spacial score (nSPS) is 12.0. The van der Waals surface area contributed by atoms with Crippen LogP contribution in [0, 0.1) is 0 Å². The molecule has 0 aliphatic heterocycles. The highest BCUT2D eigenvalue weighted by Gasteiger charge is 2.44. The fourth-order valence-corrected chi connectivity index (χ4v) is 4.47. The molecular formula is C16H34Cl2O4Si. The van der Waals surface area contributed by atoms with Gasteiger partial charge in [0.2, 0.25) is 0 Å². The Labute approximate surface area is 153 Å². The lowest BCUT2D eigenvalue weighted by atomic mass is 10.2. The Hall–Kier alpha value is 0.637. The van der Waals surface area contributed by atoms with Gasteiger partial charge in [-0.1, -0.05) is 25.7 Å². The molecule has 0 unspecified atom stereocenters. The van der Waals surface area contributed by atoms with Crippen molar-refractivity contribution in [3.05, 3.63) is 0 Å². The highest BCUT2D eigenvalue weighted by atomic mass is 35.5. The van der Waals surface area contributed by atoms with Crippen molar-refractivity contribution in [1.82, 2.24) is 0 Å². The molecular weight excluding hydrogens is 355 g/mol. The summed E-state index contributed by atoms with van der Waals surface area (Å²) in [6, 6.07) is 0. The predicted octanol–water partition coefficient (Wildman–Crippen LogP) is 5.13. The largest absolute Gasteiger partial charge is 0.679 e. The van der Waals surface area contributed by atoms with Gasteiger partial charge in [0, 0.05) is 38.2 Å². The molecule has 0 radical (unpaired) electrons. The van der Waals surface area contributed by atoms with Gasteiger partial charge in [-0.3, -0.25) is 0 Å². The molecule has 140 valence electrons. The van der Waals surface area contributed by atoms with Gasteiger partial charge in [0.1, 0.15) is 0 Å². The third-order valence-electron chi connectivity index (χ3n) is 3.26. The summed E-state index contributed by atoms with van der Waals surface area (Å²) in [4.78, 5) is 0. The molecule has 0 amide bonds. The number of rotatable bonds is 18. The van der Waals surface area contributed by atoms with Crippen LogP contribution in [0.25, 0.3) is 0 Å².